The van der Waals surface area contributed by atoms with Gasteiger partial charge in [0, 0.05) is 17.9 Å². The standard InChI is InChI=1S/C10H15BClNO2/c1-9(2)10(3,4)15-11(14-9)7-5-13-6-8(7)12/h5-6,13H,1-4H3. The molecule has 1 aromatic heterocycles. The summed E-state index contributed by atoms with van der Waals surface area (Å²) in [6, 6.07) is 0. The third-order valence-corrected chi connectivity index (χ3v) is 3.56. The molecule has 0 aromatic carbocycles. The number of halogens is 1. The Morgan fingerprint density at radius 3 is 2.07 bits per heavy atom. The molecule has 0 radical (unpaired) electrons. The molecule has 5 heteroatoms. The highest BCUT2D eigenvalue weighted by atomic mass is 35.5. The highest BCUT2D eigenvalue weighted by Gasteiger charge is 2.52. The smallest absolute Gasteiger partial charge is 0.399 e. The van der Waals surface area contributed by atoms with Crippen molar-refractivity contribution in [3.8, 4) is 0 Å². The van der Waals surface area contributed by atoms with E-state index >= 15 is 0 Å². The normalized spacial score (nSPS) is 23.4. The summed E-state index contributed by atoms with van der Waals surface area (Å²) in [4.78, 5) is 2.94. The van der Waals surface area contributed by atoms with Crippen molar-refractivity contribution in [2.75, 3.05) is 0 Å². The molecule has 0 saturated carbocycles. The number of hydrogen-bond donors (Lipinski definition) is 1. The monoisotopic (exact) mass is 227 g/mol. The fourth-order valence-electron chi connectivity index (χ4n) is 1.51. The van der Waals surface area contributed by atoms with E-state index < -0.39 is 0 Å². The van der Waals surface area contributed by atoms with Crippen molar-refractivity contribution in [1.29, 1.82) is 0 Å². The number of aromatic amines is 1. The van der Waals surface area contributed by atoms with Crippen LogP contribution in [0, 0.1) is 0 Å². The summed E-state index contributed by atoms with van der Waals surface area (Å²) < 4.78 is 11.7. The SMILES string of the molecule is CC1(C)OB(c2c[nH]cc2Cl)OC1(C)C. The van der Waals surface area contributed by atoms with Gasteiger partial charge in [-0.05, 0) is 27.7 Å². The predicted molar refractivity (Wildman–Crippen MR) is 61.5 cm³/mol. The topological polar surface area (TPSA) is 34.2 Å². The summed E-state index contributed by atoms with van der Waals surface area (Å²) in [5.41, 5.74) is 0.214. The Morgan fingerprint density at radius 2 is 1.67 bits per heavy atom. The zero-order valence-electron chi connectivity index (χ0n) is 9.43. The van der Waals surface area contributed by atoms with Crippen LogP contribution in [0.3, 0.4) is 0 Å². The van der Waals surface area contributed by atoms with Crippen LogP contribution in [0.1, 0.15) is 27.7 Å². The Balaban J connectivity index is 2.27. The van der Waals surface area contributed by atoms with Gasteiger partial charge in [-0.1, -0.05) is 11.6 Å². The van der Waals surface area contributed by atoms with Gasteiger partial charge in [0.25, 0.3) is 0 Å². The first kappa shape index (κ1) is 11.1. The second-order valence-electron chi connectivity index (χ2n) is 4.85. The second-order valence-corrected chi connectivity index (χ2v) is 5.25. The molecule has 1 aliphatic rings. The number of rotatable bonds is 1. The molecule has 82 valence electrons. The lowest BCUT2D eigenvalue weighted by Gasteiger charge is -2.32. The molecular weight excluding hydrogens is 212 g/mol. The Bertz CT molecular complexity index is 359. The van der Waals surface area contributed by atoms with Crippen molar-refractivity contribution in [1.82, 2.24) is 4.98 Å². The van der Waals surface area contributed by atoms with Crippen LogP contribution in [0.25, 0.3) is 0 Å². The summed E-state index contributed by atoms with van der Waals surface area (Å²) in [6.45, 7) is 8.09. The van der Waals surface area contributed by atoms with E-state index in [1.54, 1.807) is 6.20 Å². The fraction of sp³-hybridized carbons (Fsp3) is 0.600. The zero-order chi connectivity index (χ0) is 11.3. The molecule has 1 fully saturated rings. The Labute approximate surface area is 95.2 Å². The van der Waals surface area contributed by atoms with Crippen LogP contribution in [0.5, 0.6) is 0 Å². The molecule has 0 aliphatic carbocycles. The van der Waals surface area contributed by atoms with Gasteiger partial charge in [-0.15, -0.1) is 0 Å². The minimum absolute atomic E-state index is 0.321. The lowest BCUT2D eigenvalue weighted by Crippen LogP contribution is -2.41. The van der Waals surface area contributed by atoms with Gasteiger partial charge in [0.05, 0.1) is 16.2 Å². The minimum Gasteiger partial charge on any atom is -0.399 e. The number of hydrogen-bond acceptors (Lipinski definition) is 2. The Hall–Kier alpha value is -0.445. The molecule has 0 atom stereocenters. The largest absolute Gasteiger partial charge is 0.497 e. The van der Waals surface area contributed by atoms with Crippen LogP contribution < -0.4 is 5.46 Å². The first-order valence-corrected chi connectivity index (χ1v) is 5.39. The molecule has 0 bridgehead atoms. The minimum atomic E-state index is -0.381. The maximum Gasteiger partial charge on any atom is 0.497 e. The van der Waals surface area contributed by atoms with Crippen LogP contribution in [0.15, 0.2) is 12.4 Å². The van der Waals surface area contributed by atoms with Gasteiger partial charge in [-0.2, -0.15) is 0 Å². The molecule has 2 rings (SSSR count). The lowest BCUT2D eigenvalue weighted by molar-refractivity contribution is 0.00578. The van der Waals surface area contributed by atoms with Crippen LogP contribution in [0.4, 0.5) is 0 Å². The summed E-state index contributed by atoms with van der Waals surface area (Å²) in [5, 5.41) is 0.647. The van der Waals surface area contributed by atoms with Gasteiger partial charge >= 0.3 is 7.12 Å². The van der Waals surface area contributed by atoms with E-state index in [4.69, 9.17) is 20.9 Å². The molecule has 0 unspecified atom stereocenters. The molecule has 3 nitrogen and oxygen atoms in total. The molecule has 1 saturated heterocycles. The van der Waals surface area contributed by atoms with E-state index in [0.717, 1.165) is 5.46 Å². The Kier molecular flexibility index (Phi) is 2.41. The van der Waals surface area contributed by atoms with Crippen molar-refractivity contribution < 1.29 is 9.31 Å². The van der Waals surface area contributed by atoms with E-state index in [9.17, 15) is 0 Å². The molecule has 1 aliphatic heterocycles. The van der Waals surface area contributed by atoms with E-state index in [1.165, 1.54) is 0 Å². The highest BCUT2D eigenvalue weighted by Crippen LogP contribution is 2.36. The summed E-state index contributed by atoms with van der Waals surface area (Å²) in [5.74, 6) is 0. The van der Waals surface area contributed by atoms with Crippen LogP contribution in [-0.4, -0.2) is 23.3 Å². The van der Waals surface area contributed by atoms with Gasteiger partial charge in [-0.3, -0.25) is 0 Å². The number of aromatic nitrogens is 1. The molecule has 1 N–H and O–H groups in total. The van der Waals surface area contributed by atoms with Crippen LogP contribution >= 0.6 is 11.6 Å². The van der Waals surface area contributed by atoms with Crippen LogP contribution in [0.2, 0.25) is 5.02 Å². The van der Waals surface area contributed by atoms with Gasteiger partial charge in [-0.25, -0.2) is 0 Å². The van der Waals surface area contributed by atoms with Gasteiger partial charge in [0.1, 0.15) is 0 Å². The quantitative estimate of drug-likeness (QED) is 0.745. The fourth-order valence-corrected chi connectivity index (χ4v) is 1.71. The van der Waals surface area contributed by atoms with E-state index in [1.807, 2.05) is 33.9 Å². The van der Waals surface area contributed by atoms with Gasteiger partial charge < -0.3 is 14.3 Å². The number of H-pyrrole nitrogens is 1. The summed E-state index contributed by atoms with van der Waals surface area (Å²) >= 11 is 6.01. The van der Waals surface area contributed by atoms with E-state index in [2.05, 4.69) is 4.98 Å². The molecule has 1 aromatic rings. The maximum atomic E-state index is 6.01. The third-order valence-electron chi connectivity index (χ3n) is 3.23. The van der Waals surface area contributed by atoms with Crippen molar-refractivity contribution in [2.45, 2.75) is 38.9 Å². The predicted octanol–water partition coefficient (Wildman–Crippen LogP) is 1.97. The summed E-state index contributed by atoms with van der Waals surface area (Å²) in [7, 11) is -0.381. The van der Waals surface area contributed by atoms with Gasteiger partial charge in [0.15, 0.2) is 0 Å². The first-order valence-electron chi connectivity index (χ1n) is 5.01. The first-order chi connectivity index (χ1) is 6.83. The average Bonchev–Trinajstić information content (AvgIpc) is 2.55. The molecule has 2 heterocycles. The summed E-state index contributed by atoms with van der Waals surface area (Å²) in [6.07, 6.45) is 3.53. The maximum absolute atomic E-state index is 6.01. The van der Waals surface area contributed by atoms with Crippen molar-refractivity contribution >= 4 is 24.2 Å². The average molecular weight is 227 g/mol. The van der Waals surface area contributed by atoms with Crippen molar-refractivity contribution in [3.63, 3.8) is 0 Å². The third kappa shape index (κ3) is 1.71. The Morgan fingerprint density at radius 1 is 1.13 bits per heavy atom. The molecule has 0 amide bonds. The molecule has 15 heavy (non-hydrogen) atoms. The van der Waals surface area contributed by atoms with Gasteiger partial charge in [0.2, 0.25) is 0 Å². The van der Waals surface area contributed by atoms with Crippen LogP contribution in [-0.2, 0) is 9.31 Å². The molecular formula is C10H15BClNO2. The van der Waals surface area contributed by atoms with Crippen molar-refractivity contribution in [2.24, 2.45) is 0 Å². The van der Waals surface area contributed by atoms with E-state index in [0.29, 0.717) is 5.02 Å². The zero-order valence-corrected chi connectivity index (χ0v) is 10.2. The van der Waals surface area contributed by atoms with E-state index in [-0.39, 0.29) is 18.3 Å². The van der Waals surface area contributed by atoms with Crippen molar-refractivity contribution in [3.05, 3.63) is 17.4 Å². The molecule has 0 spiro atoms. The number of nitrogens with one attached hydrogen (secondary N) is 1. The highest BCUT2D eigenvalue weighted by molar-refractivity contribution is 6.65. The lowest BCUT2D eigenvalue weighted by atomic mass is 9.81. The second kappa shape index (κ2) is 3.27.